The van der Waals surface area contributed by atoms with E-state index in [1.54, 1.807) is 11.1 Å². The van der Waals surface area contributed by atoms with Gasteiger partial charge in [-0.3, -0.25) is 0 Å². The summed E-state index contributed by atoms with van der Waals surface area (Å²) < 4.78 is 21.2. The highest BCUT2D eigenvalue weighted by atomic mass is 127. The summed E-state index contributed by atoms with van der Waals surface area (Å²) in [5.74, 6) is 1.04. The maximum absolute atomic E-state index is 7.13. The molecule has 4 aliphatic carbocycles. The number of hydrogen-bond donors (Lipinski definition) is 0. The molecule has 0 aromatic heterocycles. The summed E-state index contributed by atoms with van der Waals surface area (Å²) in [6.07, 6.45) is 13.8. The van der Waals surface area contributed by atoms with E-state index in [9.17, 15) is 0 Å². The summed E-state index contributed by atoms with van der Waals surface area (Å²) in [4.78, 5) is 0. The van der Waals surface area contributed by atoms with Crippen molar-refractivity contribution >= 4 is 30.9 Å². The van der Waals surface area contributed by atoms with Crippen molar-refractivity contribution in [2.75, 3.05) is 17.6 Å². The molecule has 5 rings (SSSR count). The molecule has 5 aliphatic rings. The summed E-state index contributed by atoms with van der Waals surface area (Å²) >= 11 is 2.68. The molecule has 3 nitrogen and oxygen atoms in total. The van der Waals surface area contributed by atoms with Crippen molar-refractivity contribution in [3.63, 3.8) is 0 Å². The Labute approximate surface area is 229 Å². The first-order chi connectivity index (χ1) is 16.2. The largest absolute Gasteiger partial charge is 0.413 e. The van der Waals surface area contributed by atoms with Crippen LogP contribution >= 0.6 is 22.6 Å². The van der Waals surface area contributed by atoms with Gasteiger partial charge in [0.25, 0.3) is 0 Å². The van der Waals surface area contributed by atoms with Crippen molar-refractivity contribution in [3.8, 4) is 0 Å². The van der Waals surface area contributed by atoms with Crippen LogP contribution in [-0.4, -0.2) is 37.8 Å². The van der Waals surface area contributed by atoms with E-state index in [4.69, 9.17) is 13.9 Å². The van der Waals surface area contributed by atoms with Crippen molar-refractivity contribution in [2.24, 2.45) is 28.1 Å². The topological polar surface area (TPSA) is 27.7 Å². The Morgan fingerprint density at radius 1 is 1.06 bits per heavy atom. The molecule has 5 heteroatoms. The summed E-state index contributed by atoms with van der Waals surface area (Å²) in [5.41, 5.74) is 3.99. The molecular weight excluding hydrogens is 563 g/mol. The van der Waals surface area contributed by atoms with E-state index in [2.05, 4.69) is 89.4 Å². The van der Waals surface area contributed by atoms with E-state index in [1.165, 1.54) is 30.1 Å². The van der Waals surface area contributed by atoms with E-state index in [0.29, 0.717) is 12.0 Å². The van der Waals surface area contributed by atoms with Gasteiger partial charge in [0.1, 0.15) is 0 Å². The van der Waals surface area contributed by atoms with Crippen LogP contribution in [-0.2, 0) is 13.9 Å². The number of allylic oxidation sites excluding steroid dienone is 3. The zero-order valence-corrected chi connectivity index (χ0v) is 26.7. The van der Waals surface area contributed by atoms with Crippen molar-refractivity contribution < 1.29 is 13.9 Å². The second-order valence-electron chi connectivity index (χ2n) is 15.0. The van der Waals surface area contributed by atoms with Crippen molar-refractivity contribution in [1.82, 2.24) is 0 Å². The van der Waals surface area contributed by atoms with Gasteiger partial charge in [-0.15, -0.1) is 0 Å². The molecule has 1 saturated heterocycles. The summed E-state index contributed by atoms with van der Waals surface area (Å²) in [7, 11) is -1.78. The van der Waals surface area contributed by atoms with Crippen LogP contribution in [0.4, 0.5) is 0 Å². The minimum Gasteiger partial charge on any atom is -0.413 e. The minimum atomic E-state index is -1.78. The second-order valence-corrected chi connectivity index (χ2v) is 20.6. The molecule has 1 unspecified atom stereocenters. The molecule has 0 bridgehead atoms. The van der Waals surface area contributed by atoms with Gasteiger partial charge in [0.2, 0.25) is 0 Å². The summed E-state index contributed by atoms with van der Waals surface area (Å²) in [5, 5.41) is 0.265. The van der Waals surface area contributed by atoms with Gasteiger partial charge in [0, 0.05) is 28.1 Å². The fourth-order valence-corrected chi connectivity index (χ4v) is 10.4. The van der Waals surface area contributed by atoms with Crippen LogP contribution < -0.4 is 0 Å². The van der Waals surface area contributed by atoms with E-state index in [-0.39, 0.29) is 27.1 Å². The molecule has 0 aromatic rings. The van der Waals surface area contributed by atoms with Crippen LogP contribution in [0.5, 0.6) is 0 Å². The maximum atomic E-state index is 7.13. The predicted molar refractivity (Wildman–Crippen MR) is 155 cm³/mol. The quantitative estimate of drug-likeness (QED) is 0.139. The monoisotopic (exact) mass is 612 g/mol. The smallest absolute Gasteiger partial charge is 0.192 e. The Balaban J connectivity index is 1.40. The maximum Gasteiger partial charge on any atom is 0.192 e. The number of fused-ring (bicyclic) bond motifs is 5. The highest BCUT2D eigenvalue weighted by Gasteiger charge is 2.60. The van der Waals surface area contributed by atoms with Gasteiger partial charge >= 0.3 is 0 Å². The lowest BCUT2D eigenvalue weighted by Crippen LogP contribution is -2.54. The fourth-order valence-electron chi connectivity index (χ4n) is 7.63. The van der Waals surface area contributed by atoms with Crippen LogP contribution in [0.3, 0.4) is 0 Å². The average molecular weight is 613 g/mol. The highest BCUT2D eigenvalue weighted by molar-refractivity contribution is 14.1. The van der Waals surface area contributed by atoms with E-state index >= 15 is 0 Å². The highest BCUT2D eigenvalue weighted by Crippen LogP contribution is 2.65. The van der Waals surface area contributed by atoms with Gasteiger partial charge < -0.3 is 13.9 Å². The average Bonchev–Trinajstić information content (AvgIpc) is 3.11. The molecule has 5 atom stereocenters. The number of alkyl halides is 1. The Morgan fingerprint density at radius 2 is 1.74 bits per heavy atom. The molecule has 0 aromatic carbocycles. The molecule has 198 valence electrons. The van der Waals surface area contributed by atoms with Gasteiger partial charge in [-0.25, -0.2) is 0 Å². The third-order valence-corrected chi connectivity index (χ3v) is 16.9. The Bertz CT molecular complexity index is 905. The number of ether oxygens (including phenoxy) is 2. The lowest BCUT2D eigenvalue weighted by molar-refractivity contribution is -0.308. The van der Waals surface area contributed by atoms with E-state index in [1.807, 2.05) is 0 Å². The molecule has 2 saturated carbocycles. The number of halogens is 1. The van der Waals surface area contributed by atoms with Crippen molar-refractivity contribution in [1.29, 1.82) is 0 Å². The Kier molecular flexibility index (Phi) is 6.65. The standard InChI is InChI=1S/C30H49IO3Si/c1-26(2,3)35(7,8)34-25-12-11-23-22-10-9-21-17-30(32-19-27(4,5)20-33-30)16-15-29(21,18-31)24(22)13-14-28(23,25)6/h9,13,22-23,25H,10-12,14-20H2,1-8H3/t22?,23-,25-,28-,29+/m0/s1. The van der Waals surface area contributed by atoms with Crippen LogP contribution in [0.25, 0.3) is 0 Å². The lowest BCUT2D eigenvalue weighted by Gasteiger charge is -2.57. The first kappa shape index (κ1) is 26.9. The molecule has 0 N–H and O–H groups in total. The molecule has 3 fully saturated rings. The Hall–Kier alpha value is 0.307. The van der Waals surface area contributed by atoms with Gasteiger partial charge in [-0.05, 0) is 67.5 Å². The zero-order chi connectivity index (χ0) is 25.5. The molecular formula is C30H49IO3Si. The molecule has 1 aliphatic heterocycles. The molecule has 35 heavy (non-hydrogen) atoms. The van der Waals surface area contributed by atoms with Gasteiger partial charge in [0.05, 0.1) is 19.3 Å². The Morgan fingerprint density at radius 3 is 2.37 bits per heavy atom. The van der Waals surface area contributed by atoms with Gasteiger partial charge in [0.15, 0.2) is 14.1 Å². The van der Waals surface area contributed by atoms with Crippen LogP contribution in [0, 0.1) is 28.1 Å². The van der Waals surface area contributed by atoms with Crippen LogP contribution in [0.1, 0.15) is 86.5 Å². The van der Waals surface area contributed by atoms with Gasteiger partial charge in [-0.1, -0.05) is 87.4 Å². The molecule has 0 radical (unpaired) electrons. The lowest BCUT2D eigenvalue weighted by atomic mass is 9.52. The molecule has 1 heterocycles. The van der Waals surface area contributed by atoms with E-state index < -0.39 is 8.32 Å². The van der Waals surface area contributed by atoms with E-state index in [0.717, 1.165) is 38.4 Å². The number of hydrogen-bond acceptors (Lipinski definition) is 3. The minimum absolute atomic E-state index is 0.122. The normalized spacial score (nSPS) is 40.4. The predicted octanol–water partition coefficient (Wildman–Crippen LogP) is 8.44. The first-order valence-corrected chi connectivity index (χ1v) is 18.5. The number of rotatable bonds is 3. The third kappa shape index (κ3) is 4.30. The van der Waals surface area contributed by atoms with Crippen molar-refractivity contribution in [2.45, 2.75) is 117 Å². The second kappa shape index (κ2) is 8.66. The third-order valence-electron chi connectivity index (χ3n) is 11.1. The van der Waals surface area contributed by atoms with Crippen LogP contribution in [0.15, 0.2) is 23.3 Å². The summed E-state index contributed by atoms with van der Waals surface area (Å²) in [6, 6.07) is 0. The molecule has 1 spiro atoms. The fraction of sp³-hybridized carbons (Fsp3) is 0.867. The van der Waals surface area contributed by atoms with Gasteiger partial charge in [-0.2, -0.15) is 0 Å². The van der Waals surface area contributed by atoms with Crippen molar-refractivity contribution in [3.05, 3.63) is 23.3 Å². The SMILES string of the molecule is CC1(C)COC2(CC[C@@]3(CI)C(=CCC4C3=CC[C@]3(C)[C@@H](O[Si](C)(C)C(C)(C)C)CC[C@@H]43)C2)OC1. The van der Waals surface area contributed by atoms with Crippen LogP contribution in [0.2, 0.25) is 18.1 Å². The molecule has 0 amide bonds. The first-order valence-electron chi connectivity index (χ1n) is 14.1. The zero-order valence-electron chi connectivity index (χ0n) is 23.6. The summed E-state index contributed by atoms with van der Waals surface area (Å²) in [6.45, 7) is 20.7.